The SMILES string of the molecule is CC(c1nc2c([nH]1)CC(N)CC2)n1cccn1. The molecule has 0 amide bonds. The number of fused-ring (bicyclic) bond motifs is 1. The van der Waals surface area contributed by atoms with Crippen molar-refractivity contribution >= 4 is 0 Å². The lowest BCUT2D eigenvalue weighted by Gasteiger charge is -2.16. The molecule has 0 aliphatic heterocycles. The van der Waals surface area contributed by atoms with Gasteiger partial charge in [0.15, 0.2) is 0 Å². The predicted octanol–water partition coefficient (Wildman–Crippen LogP) is 1.03. The largest absolute Gasteiger partial charge is 0.344 e. The molecule has 0 saturated carbocycles. The van der Waals surface area contributed by atoms with E-state index >= 15 is 0 Å². The van der Waals surface area contributed by atoms with Crippen molar-refractivity contribution in [1.29, 1.82) is 0 Å². The number of hydrogen-bond acceptors (Lipinski definition) is 3. The number of aromatic nitrogens is 4. The molecule has 0 saturated heterocycles. The summed E-state index contributed by atoms with van der Waals surface area (Å²) in [6.45, 7) is 2.09. The summed E-state index contributed by atoms with van der Waals surface area (Å²) >= 11 is 0. The Hall–Kier alpha value is -1.62. The fourth-order valence-corrected chi connectivity index (χ4v) is 2.36. The van der Waals surface area contributed by atoms with E-state index in [1.165, 1.54) is 11.4 Å². The van der Waals surface area contributed by atoms with Gasteiger partial charge in [-0.05, 0) is 25.8 Å². The van der Waals surface area contributed by atoms with Crippen LogP contribution in [0.4, 0.5) is 0 Å². The van der Waals surface area contributed by atoms with Crippen LogP contribution >= 0.6 is 0 Å². The van der Waals surface area contributed by atoms with Gasteiger partial charge in [-0.2, -0.15) is 5.10 Å². The van der Waals surface area contributed by atoms with E-state index in [2.05, 4.69) is 22.0 Å². The summed E-state index contributed by atoms with van der Waals surface area (Å²) in [6.07, 6.45) is 6.67. The number of nitrogens with one attached hydrogen (secondary N) is 1. The maximum absolute atomic E-state index is 5.96. The minimum absolute atomic E-state index is 0.145. The third kappa shape index (κ3) is 1.86. The number of nitrogens with zero attached hydrogens (tertiary/aromatic N) is 3. The van der Waals surface area contributed by atoms with Crippen molar-refractivity contribution in [2.24, 2.45) is 5.73 Å². The van der Waals surface area contributed by atoms with E-state index in [1.807, 2.05) is 16.9 Å². The zero-order chi connectivity index (χ0) is 11.8. The van der Waals surface area contributed by atoms with Gasteiger partial charge in [0.1, 0.15) is 11.9 Å². The summed E-state index contributed by atoms with van der Waals surface area (Å²) < 4.78 is 1.91. The second-order valence-electron chi connectivity index (χ2n) is 4.71. The first kappa shape index (κ1) is 10.5. The molecule has 0 fully saturated rings. The normalized spacial score (nSPS) is 21.2. The molecule has 3 rings (SSSR count). The molecule has 0 bridgehead atoms. The van der Waals surface area contributed by atoms with E-state index in [4.69, 9.17) is 5.73 Å². The molecular formula is C12H17N5. The Labute approximate surface area is 100 Å². The van der Waals surface area contributed by atoms with Crippen molar-refractivity contribution < 1.29 is 0 Å². The Balaban J connectivity index is 1.90. The van der Waals surface area contributed by atoms with Crippen molar-refractivity contribution in [3.8, 4) is 0 Å². The number of H-pyrrole nitrogens is 1. The first-order chi connectivity index (χ1) is 8.24. The summed E-state index contributed by atoms with van der Waals surface area (Å²) in [7, 11) is 0. The van der Waals surface area contributed by atoms with Crippen LogP contribution in [-0.4, -0.2) is 25.8 Å². The van der Waals surface area contributed by atoms with E-state index in [-0.39, 0.29) is 12.1 Å². The van der Waals surface area contributed by atoms with Gasteiger partial charge in [0.2, 0.25) is 0 Å². The Bertz CT molecular complexity index is 499. The maximum atomic E-state index is 5.96. The van der Waals surface area contributed by atoms with Crippen LogP contribution in [-0.2, 0) is 12.8 Å². The summed E-state index contributed by atoms with van der Waals surface area (Å²) in [5, 5.41) is 4.25. The van der Waals surface area contributed by atoms with Crippen LogP contribution in [0.3, 0.4) is 0 Å². The van der Waals surface area contributed by atoms with Crippen LogP contribution < -0.4 is 5.73 Å². The first-order valence-corrected chi connectivity index (χ1v) is 6.06. The van der Waals surface area contributed by atoms with E-state index < -0.39 is 0 Å². The second-order valence-corrected chi connectivity index (χ2v) is 4.71. The number of nitrogens with two attached hydrogens (primary N) is 1. The summed E-state index contributed by atoms with van der Waals surface area (Å²) in [5.74, 6) is 0.979. The van der Waals surface area contributed by atoms with E-state index in [1.54, 1.807) is 6.20 Å². The molecule has 2 atom stereocenters. The third-order valence-electron chi connectivity index (χ3n) is 3.42. The van der Waals surface area contributed by atoms with Crippen LogP contribution in [0, 0.1) is 0 Å². The highest BCUT2D eigenvalue weighted by Gasteiger charge is 2.21. The number of imidazole rings is 1. The standard InChI is InChI=1S/C12H17N5/c1-8(17-6-2-5-14-17)12-15-10-4-3-9(13)7-11(10)16-12/h2,5-6,8-9H,3-4,7,13H2,1H3,(H,15,16). The van der Waals surface area contributed by atoms with Gasteiger partial charge in [-0.15, -0.1) is 0 Å². The number of hydrogen-bond donors (Lipinski definition) is 2. The molecule has 2 heterocycles. The lowest BCUT2D eigenvalue weighted by atomic mass is 9.97. The van der Waals surface area contributed by atoms with Gasteiger partial charge in [-0.1, -0.05) is 0 Å². The number of rotatable bonds is 2. The molecule has 1 aliphatic carbocycles. The van der Waals surface area contributed by atoms with Gasteiger partial charge < -0.3 is 10.7 Å². The quantitative estimate of drug-likeness (QED) is 0.811. The molecule has 3 N–H and O–H groups in total. The van der Waals surface area contributed by atoms with Crippen molar-refractivity contribution in [3.05, 3.63) is 35.7 Å². The molecule has 90 valence electrons. The van der Waals surface area contributed by atoms with Gasteiger partial charge >= 0.3 is 0 Å². The van der Waals surface area contributed by atoms with Crippen LogP contribution in [0.1, 0.15) is 36.6 Å². The highest BCUT2D eigenvalue weighted by atomic mass is 15.3. The smallest absolute Gasteiger partial charge is 0.131 e. The summed E-state index contributed by atoms with van der Waals surface area (Å²) in [4.78, 5) is 8.07. The van der Waals surface area contributed by atoms with Crippen LogP contribution in [0.25, 0.3) is 0 Å². The molecule has 2 aromatic rings. The van der Waals surface area contributed by atoms with Crippen molar-refractivity contribution in [2.75, 3.05) is 0 Å². The molecule has 5 heteroatoms. The first-order valence-electron chi connectivity index (χ1n) is 6.06. The highest BCUT2D eigenvalue weighted by molar-refractivity contribution is 5.20. The van der Waals surface area contributed by atoms with Gasteiger partial charge in [-0.3, -0.25) is 4.68 Å². The predicted molar refractivity (Wildman–Crippen MR) is 64.6 cm³/mol. The van der Waals surface area contributed by atoms with E-state index in [0.29, 0.717) is 0 Å². The lowest BCUT2D eigenvalue weighted by Crippen LogP contribution is -2.27. The molecule has 2 aromatic heterocycles. The van der Waals surface area contributed by atoms with Crippen LogP contribution in [0.2, 0.25) is 0 Å². The van der Waals surface area contributed by atoms with Gasteiger partial charge in [0, 0.05) is 30.6 Å². The summed E-state index contributed by atoms with van der Waals surface area (Å²) in [6, 6.07) is 2.34. The summed E-state index contributed by atoms with van der Waals surface area (Å²) in [5.41, 5.74) is 8.35. The van der Waals surface area contributed by atoms with Gasteiger partial charge in [0.05, 0.1) is 5.69 Å². The molecule has 0 aromatic carbocycles. The van der Waals surface area contributed by atoms with Crippen LogP contribution in [0.15, 0.2) is 18.5 Å². The number of aromatic amines is 1. The molecule has 17 heavy (non-hydrogen) atoms. The monoisotopic (exact) mass is 231 g/mol. The highest BCUT2D eigenvalue weighted by Crippen LogP contribution is 2.22. The second kappa shape index (κ2) is 4.00. The third-order valence-corrected chi connectivity index (χ3v) is 3.42. The molecule has 0 radical (unpaired) electrons. The van der Waals surface area contributed by atoms with Crippen molar-refractivity contribution in [1.82, 2.24) is 19.7 Å². The molecule has 2 unspecified atom stereocenters. The van der Waals surface area contributed by atoms with Gasteiger partial charge in [0.25, 0.3) is 0 Å². The zero-order valence-electron chi connectivity index (χ0n) is 9.93. The minimum Gasteiger partial charge on any atom is -0.344 e. The molecule has 5 nitrogen and oxygen atoms in total. The fraction of sp³-hybridized carbons (Fsp3) is 0.500. The van der Waals surface area contributed by atoms with Crippen molar-refractivity contribution in [2.45, 2.75) is 38.3 Å². The lowest BCUT2D eigenvalue weighted by molar-refractivity contribution is 0.539. The van der Waals surface area contributed by atoms with E-state index in [9.17, 15) is 0 Å². The average Bonchev–Trinajstić information content (AvgIpc) is 2.96. The fourth-order valence-electron chi connectivity index (χ4n) is 2.36. The van der Waals surface area contributed by atoms with Crippen molar-refractivity contribution in [3.63, 3.8) is 0 Å². The zero-order valence-corrected chi connectivity index (χ0v) is 9.93. The molecular weight excluding hydrogens is 214 g/mol. The topological polar surface area (TPSA) is 72.5 Å². The Kier molecular flexibility index (Phi) is 2.48. The van der Waals surface area contributed by atoms with Crippen LogP contribution in [0.5, 0.6) is 0 Å². The Morgan fingerprint density at radius 2 is 2.47 bits per heavy atom. The number of aryl methyl sites for hydroxylation is 1. The minimum atomic E-state index is 0.145. The maximum Gasteiger partial charge on any atom is 0.131 e. The molecule has 1 aliphatic rings. The van der Waals surface area contributed by atoms with E-state index in [0.717, 1.165) is 25.1 Å². The average molecular weight is 231 g/mol. The van der Waals surface area contributed by atoms with Gasteiger partial charge in [-0.25, -0.2) is 4.98 Å². The Morgan fingerprint density at radius 1 is 1.59 bits per heavy atom. The molecule has 0 spiro atoms. The Morgan fingerprint density at radius 3 is 3.24 bits per heavy atom.